The number of hydrogen-bond donors (Lipinski definition) is 0. The second-order valence-electron chi connectivity index (χ2n) is 6.91. The van der Waals surface area contributed by atoms with Gasteiger partial charge in [-0.25, -0.2) is 0 Å². The van der Waals surface area contributed by atoms with Gasteiger partial charge in [0.05, 0.1) is 25.3 Å². The fourth-order valence-electron chi connectivity index (χ4n) is 4.03. The molecule has 3 saturated heterocycles. The van der Waals surface area contributed by atoms with E-state index < -0.39 is 0 Å². The molecule has 4 heterocycles. The van der Waals surface area contributed by atoms with Crippen LogP contribution < -0.4 is 0 Å². The fraction of sp³-hybridized carbons (Fsp3) is 0.706. The molecule has 2 unspecified atom stereocenters. The molecule has 132 valence electrons. The smallest absolute Gasteiger partial charge is 0.227 e. The Morgan fingerprint density at radius 1 is 1.58 bits per heavy atom. The number of methoxy groups -OCH3 is 1. The predicted octanol–water partition coefficient (Wildman–Crippen LogP) is 0.779. The van der Waals surface area contributed by atoms with Crippen molar-refractivity contribution >= 4 is 5.91 Å². The molecule has 3 fully saturated rings. The number of ether oxygens (including phenoxy) is 1. The van der Waals surface area contributed by atoms with Gasteiger partial charge in [0.15, 0.2) is 0 Å². The van der Waals surface area contributed by atoms with Gasteiger partial charge >= 0.3 is 0 Å². The quantitative estimate of drug-likeness (QED) is 0.690. The predicted molar refractivity (Wildman–Crippen MR) is 90.1 cm³/mol. The molecule has 0 aromatic carbocycles. The van der Waals surface area contributed by atoms with Crippen LogP contribution in [0.3, 0.4) is 0 Å². The average molecular weight is 333 g/mol. The molecule has 0 aliphatic carbocycles. The number of hydrogen-bond acceptors (Lipinski definition) is 5. The maximum Gasteiger partial charge on any atom is 0.227 e. The monoisotopic (exact) mass is 333 g/mol. The van der Waals surface area contributed by atoms with E-state index >= 15 is 0 Å². The second kappa shape index (κ2) is 7.44. The number of carbonyl (C=O) groups excluding carboxylic acids is 1. The van der Waals surface area contributed by atoms with E-state index in [-0.39, 0.29) is 11.8 Å². The average Bonchev–Trinajstić information content (AvgIpc) is 3.02. The maximum atomic E-state index is 12.6. The highest BCUT2D eigenvalue weighted by Gasteiger charge is 2.43. The first-order chi connectivity index (χ1) is 11.6. The number of aromatic nitrogens is 3. The van der Waals surface area contributed by atoms with E-state index in [1.165, 1.54) is 0 Å². The highest BCUT2D eigenvalue weighted by atomic mass is 16.5. The molecule has 24 heavy (non-hydrogen) atoms. The lowest BCUT2D eigenvalue weighted by atomic mass is 9.75. The Bertz CT molecular complexity index is 587. The van der Waals surface area contributed by atoms with Crippen LogP contribution in [0.2, 0.25) is 0 Å². The van der Waals surface area contributed by atoms with E-state index in [9.17, 15) is 4.79 Å². The Kier molecular flexibility index (Phi) is 5.30. The van der Waals surface area contributed by atoms with Crippen molar-refractivity contribution in [1.29, 1.82) is 0 Å². The van der Waals surface area contributed by atoms with Crippen LogP contribution in [0, 0.1) is 11.8 Å². The molecule has 3 aliphatic rings. The van der Waals surface area contributed by atoms with Crippen molar-refractivity contribution in [3.63, 3.8) is 0 Å². The fourth-order valence-corrected chi connectivity index (χ4v) is 4.03. The summed E-state index contributed by atoms with van der Waals surface area (Å²) in [5.74, 6) is 0.854. The third kappa shape index (κ3) is 3.52. The summed E-state index contributed by atoms with van der Waals surface area (Å²) in [4.78, 5) is 16.9. The molecule has 7 nitrogen and oxygen atoms in total. The highest BCUT2D eigenvalue weighted by molar-refractivity contribution is 5.79. The van der Waals surface area contributed by atoms with Crippen molar-refractivity contribution in [2.24, 2.45) is 11.8 Å². The molecule has 1 aromatic rings. The van der Waals surface area contributed by atoms with E-state index in [1.54, 1.807) is 18.1 Å². The molecule has 4 atom stereocenters. The third-order valence-electron chi connectivity index (χ3n) is 5.25. The molecule has 1 aromatic heterocycles. The van der Waals surface area contributed by atoms with Crippen LogP contribution in [0.1, 0.15) is 18.5 Å². The summed E-state index contributed by atoms with van der Waals surface area (Å²) in [6.07, 6.45) is 5.90. The zero-order valence-corrected chi connectivity index (χ0v) is 14.6. The van der Waals surface area contributed by atoms with Crippen LogP contribution in [0.15, 0.2) is 18.9 Å². The Labute approximate surface area is 143 Å². The van der Waals surface area contributed by atoms with Gasteiger partial charge in [-0.2, -0.15) is 0 Å². The number of nitrogens with zero attached hydrogens (tertiary/aromatic N) is 5. The van der Waals surface area contributed by atoms with Crippen LogP contribution in [-0.2, 0) is 22.7 Å². The molecular weight excluding hydrogens is 306 g/mol. The van der Waals surface area contributed by atoms with Crippen molar-refractivity contribution in [1.82, 2.24) is 24.8 Å². The van der Waals surface area contributed by atoms with Crippen LogP contribution in [-0.4, -0.2) is 70.5 Å². The molecule has 1 amide bonds. The molecule has 0 saturated carbocycles. The van der Waals surface area contributed by atoms with E-state index in [4.69, 9.17) is 4.74 Å². The first kappa shape index (κ1) is 17.1. The van der Waals surface area contributed by atoms with E-state index in [1.807, 2.05) is 17.9 Å². The molecule has 0 N–H and O–H groups in total. The molecule has 0 radical (unpaired) electrons. The Hall–Kier alpha value is -1.73. The minimum Gasteiger partial charge on any atom is -0.378 e. The number of carbonyl (C=O) groups is 1. The van der Waals surface area contributed by atoms with Gasteiger partial charge in [-0.3, -0.25) is 14.4 Å². The summed E-state index contributed by atoms with van der Waals surface area (Å²) in [6, 6.07) is 0.439. The summed E-state index contributed by atoms with van der Waals surface area (Å²) in [6.45, 7) is 7.59. The van der Waals surface area contributed by atoms with Gasteiger partial charge in [-0.15, -0.1) is 11.7 Å². The van der Waals surface area contributed by atoms with E-state index in [0.717, 1.165) is 38.2 Å². The topological polar surface area (TPSA) is 63.5 Å². The summed E-state index contributed by atoms with van der Waals surface area (Å²) in [5, 5.41) is 8.31. The number of fused-ring (bicyclic) bond motifs is 3. The van der Waals surface area contributed by atoms with Gasteiger partial charge in [0.25, 0.3) is 0 Å². The Morgan fingerprint density at radius 3 is 3.08 bits per heavy atom. The van der Waals surface area contributed by atoms with E-state index in [0.29, 0.717) is 25.1 Å². The van der Waals surface area contributed by atoms with Crippen molar-refractivity contribution in [2.75, 3.05) is 33.8 Å². The van der Waals surface area contributed by atoms with E-state index in [2.05, 4.69) is 21.8 Å². The first-order valence-corrected chi connectivity index (χ1v) is 8.60. The van der Waals surface area contributed by atoms with Gasteiger partial charge < -0.3 is 9.64 Å². The summed E-state index contributed by atoms with van der Waals surface area (Å²) >= 11 is 0. The lowest BCUT2D eigenvalue weighted by Crippen LogP contribution is -2.58. The SMILES string of the molecule is C=CCN(C)C(=O)[C@H]1CN2CCC1C[C@@H]2Cn1cc(COC)nn1. The van der Waals surface area contributed by atoms with Crippen LogP contribution >= 0.6 is 0 Å². The number of amides is 1. The maximum absolute atomic E-state index is 12.6. The molecular formula is C17H27N5O2. The lowest BCUT2D eigenvalue weighted by molar-refractivity contribution is -0.142. The van der Waals surface area contributed by atoms with Gasteiger partial charge in [0.2, 0.25) is 5.91 Å². The third-order valence-corrected chi connectivity index (χ3v) is 5.25. The minimum absolute atomic E-state index is 0.125. The molecule has 7 heteroatoms. The van der Waals surface area contributed by atoms with Crippen molar-refractivity contribution < 1.29 is 9.53 Å². The summed E-state index contributed by atoms with van der Waals surface area (Å²) in [7, 11) is 3.52. The minimum atomic E-state index is 0.125. The molecule has 4 rings (SSSR count). The van der Waals surface area contributed by atoms with Crippen LogP contribution in [0.5, 0.6) is 0 Å². The number of piperidine rings is 3. The summed E-state index contributed by atoms with van der Waals surface area (Å²) in [5.41, 5.74) is 0.854. The molecule has 0 spiro atoms. The van der Waals surface area contributed by atoms with Crippen LogP contribution in [0.25, 0.3) is 0 Å². The molecule has 3 aliphatic heterocycles. The molecule has 2 bridgehead atoms. The second-order valence-corrected chi connectivity index (χ2v) is 6.91. The standard InChI is InChI=1S/C17H27N5O2/c1-4-6-20(2)17(23)16-11-21-7-5-13(16)8-15(21)10-22-9-14(12-24-3)18-19-22/h4,9,13,15-16H,1,5-8,10-12H2,2-3H3/t13?,15-,16+/m1/s1. The zero-order chi connectivity index (χ0) is 17.1. The number of rotatable bonds is 7. The largest absolute Gasteiger partial charge is 0.378 e. The summed E-state index contributed by atoms with van der Waals surface area (Å²) < 4.78 is 6.99. The van der Waals surface area contributed by atoms with Gasteiger partial charge in [0, 0.05) is 33.3 Å². The van der Waals surface area contributed by atoms with Crippen molar-refractivity contribution in [3.05, 3.63) is 24.5 Å². The van der Waals surface area contributed by atoms with Gasteiger partial charge in [0.1, 0.15) is 5.69 Å². The zero-order valence-electron chi connectivity index (χ0n) is 14.6. The Morgan fingerprint density at radius 2 is 2.42 bits per heavy atom. The number of likely N-dealkylation sites (N-methyl/N-ethyl adjacent to an activating group) is 1. The van der Waals surface area contributed by atoms with Crippen LogP contribution in [0.4, 0.5) is 0 Å². The first-order valence-electron chi connectivity index (χ1n) is 8.60. The lowest BCUT2D eigenvalue weighted by Gasteiger charge is -2.49. The Balaban J connectivity index is 1.60. The van der Waals surface area contributed by atoms with Gasteiger partial charge in [-0.1, -0.05) is 11.3 Å². The van der Waals surface area contributed by atoms with Crippen molar-refractivity contribution in [2.45, 2.75) is 32.0 Å². The highest BCUT2D eigenvalue weighted by Crippen LogP contribution is 2.37. The normalized spacial score (nSPS) is 28.8. The van der Waals surface area contributed by atoms with Gasteiger partial charge in [-0.05, 0) is 25.3 Å². The van der Waals surface area contributed by atoms with Crippen molar-refractivity contribution in [3.8, 4) is 0 Å².